The summed E-state index contributed by atoms with van der Waals surface area (Å²) >= 11 is 0. The van der Waals surface area contributed by atoms with Crippen LogP contribution in [0.15, 0.2) is 54.7 Å². The summed E-state index contributed by atoms with van der Waals surface area (Å²) in [4.78, 5) is 14.5. The van der Waals surface area contributed by atoms with Crippen LogP contribution in [0.4, 0.5) is 11.4 Å². The van der Waals surface area contributed by atoms with E-state index < -0.39 is 8.80 Å². The molecule has 9 heteroatoms. The van der Waals surface area contributed by atoms with E-state index in [0.717, 1.165) is 43.8 Å². The number of hydrogen-bond donors (Lipinski definition) is 2. The average Bonchev–Trinajstić information content (AvgIpc) is 3.51. The summed E-state index contributed by atoms with van der Waals surface area (Å²) in [5.41, 5.74) is 9.28. The van der Waals surface area contributed by atoms with Crippen LogP contribution in [-0.2, 0) is 16.3 Å². The number of nitrogens with one attached hydrogen (secondary N) is 1. The van der Waals surface area contributed by atoms with E-state index >= 15 is 0 Å². The van der Waals surface area contributed by atoms with Crippen LogP contribution in [0, 0.1) is 0 Å². The lowest BCUT2D eigenvalue weighted by atomic mass is 10.1. The number of nitrogen functional groups attached to an aromatic ring is 1. The fourth-order valence-electron chi connectivity index (χ4n) is 4.03. The number of amides is 1. The topological polar surface area (TPSA) is 94.6 Å². The smallest absolute Gasteiger partial charge is 0.238 e. The molecule has 1 amide bonds. The van der Waals surface area contributed by atoms with E-state index in [1.807, 2.05) is 41.1 Å². The molecule has 2 heterocycles. The monoisotopic (exact) mass is 493 g/mol. The van der Waals surface area contributed by atoms with Gasteiger partial charge in [-0.1, -0.05) is 13.1 Å². The maximum atomic E-state index is 12.3. The minimum atomic E-state index is -0.604. The second-order valence-corrected chi connectivity index (χ2v) is 12.7. The molecular formula is C26H35N5O3Si. The van der Waals surface area contributed by atoms with E-state index in [0.29, 0.717) is 36.1 Å². The Kier molecular flexibility index (Phi) is 8.57. The van der Waals surface area contributed by atoms with Crippen LogP contribution in [0.1, 0.15) is 12.8 Å². The van der Waals surface area contributed by atoms with Gasteiger partial charge in [-0.3, -0.25) is 9.69 Å². The van der Waals surface area contributed by atoms with Crippen LogP contribution >= 0.6 is 0 Å². The molecule has 0 spiro atoms. The molecule has 1 aliphatic rings. The van der Waals surface area contributed by atoms with Gasteiger partial charge in [0.05, 0.1) is 23.6 Å². The number of rotatable bonds is 11. The first-order valence-electron chi connectivity index (χ1n) is 12.3. The second kappa shape index (κ2) is 12.0. The number of carbonyl (C=O) groups is 1. The van der Waals surface area contributed by atoms with E-state index in [1.165, 1.54) is 6.04 Å². The highest BCUT2D eigenvalue weighted by Crippen LogP contribution is 2.30. The first kappa shape index (κ1) is 25.0. The first-order chi connectivity index (χ1) is 17.0. The van der Waals surface area contributed by atoms with Crippen LogP contribution in [0.2, 0.25) is 19.1 Å². The van der Waals surface area contributed by atoms with Gasteiger partial charge in [0.2, 0.25) is 5.91 Å². The number of likely N-dealkylation sites (tertiary alicyclic amines) is 1. The van der Waals surface area contributed by atoms with Crippen molar-refractivity contribution < 1.29 is 14.3 Å². The van der Waals surface area contributed by atoms with E-state index in [2.05, 4.69) is 28.4 Å². The normalized spacial score (nSPS) is 13.9. The lowest BCUT2D eigenvalue weighted by molar-refractivity contribution is -0.117. The number of nitrogens with zero attached hydrogens (tertiary/aromatic N) is 3. The molecule has 0 unspecified atom stereocenters. The molecular weight excluding hydrogens is 458 g/mol. The Labute approximate surface area is 208 Å². The highest BCUT2D eigenvalue weighted by molar-refractivity contribution is 6.55. The van der Waals surface area contributed by atoms with Gasteiger partial charge in [0, 0.05) is 33.2 Å². The predicted octanol–water partition coefficient (Wildman–Crippen LogP) is 4.42. The summed E-state index contributed by atoms with van der Waals surface area (Å²) in [5, 5.41) is 7.29. The molecule has 0 aliphatic carbocycles. The van der Waals surface area contributed by atoms with Gasteiger partial charge in [0.1, 0.15) is 18.2 Å². The standard InChI is InChI=1S/C26H35N5O3Si/c1-35(2)16-15-33-19-31-25(11-12-28-31)20-5-7-21(8-6-20)34-22-9-10-24(23(27)17-22)29-26(32)18-30-13-3-4-14-30/h5-12,17,35H,3-4,13-16,18-19,27H2,1-2H3,(H,29,32). The Morgan fingerprint density at radius 2 is 1.83 bits per heavy atom. The highest BCUT2D eigenvalue weighted by Gasteiger charge is 2.16. The van der Waals surface area contributed by atoms with Crippen molar-refractivity contribution in [1.29, 1.82) is 0 Å². The Bertz CT molecular complexity index is 1110. The van der Waals surface area contributed by atoms with E-state index in [9.17, 15) is 4.79 Å². The molecule has 0 atom stereocenters. The number of benzene rings is 2. The van der Waals surface area contributed by atoms with Gasteiger partial charge in [-0.2, -0.15) is 5.10 Å². The summed E-state index contributed by atoms with van der Waals surface area (Å²) in [6, 6.07) is 16.3. The largest absolute Gasteiger partial charge is 0.457 e. The third-order valence-electron chi connectivity index (χ3n) is 6.02. The first-order valence-corrected chi connectivity index (χ1v) is 15.4. The van der Waals surface area contributed by atoms with Crippen molar-refractivity contribution in [2.24, 2.45) is 0 Å². The molecule has 1 fully saturated rings. The van der Waals surface area contributed by atoms with Gasteiger partial charge < -0.3 is 20.5 Å². The van der Waals surface area contributed by atoms with Crippen molar-refractivity contribution in [3.8, 4) is 22.8 Å². The Hall–Kier alpha value is -3.14. The number of carbonyl (C=O) groups excluding carboxylic acids is 1. The maximum Gasteiger partial charge on any atom is 0.238 e. The molecule has 1 aliphatic heterocycles. The second-order valence-electron chi connectivity index (χ2n) is 9.34. The molecule has 0 radical (unpaired) electrons. The lowest BCUT2D eigenvalue weighted by Gasteiger charge is -2.15. The van der Waals surface area contributed by atoms with Crippen molar-refractivity contribution in [3.05, 3.63) is 54.7 Å². The number of nitrogens with two attached hydrogens (primary N) is 1. The number of hydrogen-bond acceptors (Lipinski definition) is 6. The van der Waals surface area contributed by atoms with Crippen LogP contribution in [0.5, 0.6) is 11.5 Å². The van der Waals surface area contributed by atoms with Gasteiger partial charge in [-0.25, -0.2) is 4.68 Å². The molecule has 1 aromatic heterocycles. The molecule has 8 nitrogen and oxygen atoms in total. The quantitative estimate of drug-likeness (QED) is 0.233. The minimum absolute atomic E-state index is 0.0470. The molecule has 0 bridgehead atoms. The Balaban J connectivity index is 1.33. The molecule has 1 saturated heterocycles. The van der Waals surface area contributed by atoms with Crippen molar-refractivity contribution in [3.63, 3.8) is 0 Å². The minimum Gasteiger partial charge on any atom is -0.457 e. The van der Waals surface area contributed by atoms with Crippen LogP contribution in [0.25, 0.3) is 11.3 Å². The van der Waals surface area contributed by atoms with Gasteiger partial charge in [-0.15, -0.1) is 0 Å². The predicted molar refractivity (Wildman–Crippen MR) is 143 cm³/mol. The van der Waals surface area contributed by atoms with Crippen molar-refractivity contribution >= 4 is 26.1 Å². The zero-order valence-corrected chi connectivity index (χ0v) is 21.7. The summed E-state index contributed by atoms with van der Waals surface area (Å²) in [6.45, 7) is 8.22. The summed E-state index contributed by atoms with van der Waals surface area (Å²) < 4.78 is 13.7. The van der Waals surface area contributed by atoms with Crippen LogP contribution < -0.4 is 15.8 Å². The number of ether oxygens (including phenoxy) is 2. The third-order valence-corrected chi connectivity index (χ3v) is 7.41. The zero-order chi connectivity index (χ0) is 24.6. The van der Waals surface area contributed by atoms with E-state index in [4.69, 9.17) is 15.2 Å². The van der Waals surface area contributed by atoms with Gasteiger partial charge in [0.25, 0.3) is 0 Å². The SMILES string of the molecule is C[SiH](C)CCOCn1nccc1-c1ccc(Oc2ccc(NC(=O)CN3CCCC3)c(N)c2)cc1. The van der Waals surface area contributed by atoms with Gasteiger partial charge in [0.15, 0.2) is 0 Å². The van der Waals surface area contributed by atoms with Crippen LogP contribution in [-0.4, -0.2) is 55.6 Å². The fourth-order valence-corrected chi connectivity index (χ4v) is 4.67. The molecule has 4 rings (SSSR count). The average molecular weight is 494 g/mol. The fraction of sp³-hybridized carbons (Fsp3) is 0.385. The Morgan fingerprint density at radius 3 is 2.54 bits per heavy atom. The number of aromatic nitrogens is 2. The van der Waals surface area contributed by atoms with Crippen molar-refractivity contribution in [2.75, 3.05) is 37.3 Å². The summed E-state index contributed by atoms with van der Waals surface area (Å²) in [5.74, 6) is 1.26. The molecule has 2 aromatic carbocycles. The third kappa shape index (κ3) is 7.17. The molecule has 0 saturated carbocycles. The summed E-state index contributed by atoms with van der Waals surface area (Å²) in [7, 11) is -0.604. The lowest BCUT2D eigenvalue weighted by Crippen LogP contribution is -2.31. The van der Waals surface area contributed by atoms with Gasteiger partial charge in [-0.05, 0) is 74.4 Å². The van der Waals surface area contributed by atoms with E-state index in [1.54, 1.807) is 18.3 Å². The summed E-state index contributed by atoms with van der Waals surface area (Å²) in [6.07, 6.45) is 4.09. The zero-order valence-electron chi connectivity index (χ0n) is 20.6. The van der Waals surface area contributed by atoms with Crippen molar-refractivity contribution in [2.45, 2.75) is 38.7 Å². The molecule has 35 heavy (non-hydrogen) atoms. The van der Waals surface area contributed by atoms with Crippen LogP contribution in [0.3, 0.4) is 0 Å². The molecule has 3 N–H and O–H groups in total. The van der Waals surface area contributed by atoms with E-state index in [-0.39, 0.29) is 5.91 Å². The highest BCUT2D eigenvalue weighted by atomic mass is 28.3. The molecule has 3 aromatic rings. The van der Waals surface area contributed by atoms with Crippen molar-refractivity contribution in [1.82, 2.24) is 14.7 Å². The van der Waals surface area contributed by atoms with Gasteiger partial charge >= 0.3 is 0 Å². The number of anilines is 2. The Morgan fingerprint density at radius 1 is 1.09 bits per heavy atom. The molecule has 186 valence electrons. The maximum absolute atomic E-state index is 12.3.